The highest BCUT2D eigenvalue weighted by atomic mass is 16.1. The molecule has 0 aromatic rings. The van der Waals surface area contributed by atoms with E-state index in [4.69, 9.17) is 6.57 Å². The number of ketones is 2. The van der Waals surface area contributed by atoms with Crippen LogP contribution in [0.15, 0.2) is 11.6 Å². The molecule has 0 aromatic heterocycles. The normalized spacial score (nSPS) is 49.9. The Balaban J connectivity index is 1.67. The molecule has 0 aliphatic heterocycles. The number of Topliss-reactive ketones (excluding diaryl/α,β-unsaturated/α-hetero) is 1. The molecule has 0 saturated heterocycles. The number of nitrogens with zero attached hydrogens (tertiary/aromatic N) is 1. The number of aldehydes is 1. The molecule has 8 atom stereocenters. The highest BCUT2D eigenvalue weighted by Crippen LogP contribution is 2.74. The van der Waals surface area contributed by atoms with Crippen molar-refractivity contribution in [3.63, 3.8) is 0 Å². The molecule has 0 bridgehead atoms. The van der Waals surface area contributed by atoms with E-state index >= 15 is 0 Å². The van der Waals surface area contributed by atoms with Crippen molar-refractivity contribution in [2.45, 2.75) is 106 Å². The molecule has 5 aliphatic rings. The van der Waals surface area contributed by atoms with Crippen LogP contribution in [-0.2, 0) is 14.4 Å². The number of carbonyl (C=O) groups is 3. The molecule has 4 saturated carbocycles. The molecule has 0 amide bonds. The van der Waals surface area contributed by atoms with Gasteiger partial charge < -0.3 is 9.64 Å². The molecular weight excluding hydrogens is 434 g/mol. The summed E-state index contributed by atoms with van der Waals surface area (Å²) < 4.78 is 0. The zero-order chi connectivity index (χ0) is 25.8. The summed E-state index contributed by atoms with van der Waals surface area (Å²) in [6, 6.07) is -0.636. The Labute approximate surface area is 211 Å². The first kappa shape index (κ1) is 24.9. The fourth-order valence-electron chi connectivity index (χ4n) is 10.3. The van der Waals surface area contributed by atoms with E-state index in [9.17, 15) is 14.4 Å². The molecular formula is C31H43NO3. The van der Waals surface area contributed by atoms with Gasteiger partial charge in [-0.2, -0.15) is 0 Å². The van der Waals surface area contributed by atoms with Crippen LogP contribution in [-0.4, -0.2) is 23.9 Å². The third kappa shape index (κ3) is 2.93. The van der Waals surface area contributed by atoms with Gasteiger partial charge in [0.2, 0.25) is 5.78 Å². The van der Waals surface area contributed by atoms with Gasteiger partial charge in [-0.3, -0.25) is 9.59 Å². The summed E-state index contributed by atoms with van der Waals surface area (Å²) in [4.78, 5) is 43.8. The highest BCUT2D eigenvalue weighted by molar-refractivity contribution is 5.97. The maximum Gasteiger partial charge on any atom is 0.282 e. The average molecular weight is 478 g/mol. The molecule has 4 fully saturated rings. The molecule has 190 valence electrons. The summed E-state index contributed by atoms with van der Waals surface area (Å²) in [5.41, 5.74) is -0.324. The summed E-state index contributed by atoms with van der Waals surface area (Å²) in [5.74, 6) is 0.368. The van der Waals surface area contributed by atoms with E-state index in [-0.39, 0.29) is 56.4 Å². The van der Waals surface area contributed by atoms with Gasteiger partial charge in [-0.15, -0.1) is 0 Å². The number of hydrogen-bond donors (Lipinski definition) is 0. The van der Waals surface area contributed by atoms with Crippen molar-refractivity contribution in [3.8, 4) is 0 Å². The number of carbonyl (C=O) groups excluding carboxylic acids is 3. The van der Waals surface area contributed by atoms with E-state index in [2.05, 4.69) is 39.5 Å². The van der Waals surface area contributed by atoms with Crippen molar-refractivity contribution in [2.75, 3.05) is 0 Å². The minimum absolute atomic E-state index is 0.0725. The lowest BCUT2D eigenvalue weighted by Gasteiger charge is -2.69. The Hall–Kier alpha value is -1.76. The van der Waals surface area contributed by atoms with Crippen LogP contribution in [0, 0.1) is 56.8 Å². The van der Waals surface area contributed by atoms with E-state index in [0.717, 1.165) is 44.9 Å². The van der Waals surface area contributed by atoms with Crippen LogP contribution in [0.4, 0.5) is 0 Å². The Bertz CT molecular complexity index is 1080. The van der Waals surface area contributed by atoms with Gasteiger partial charge >= 0.3 is 0 Å². The monoisotopic (exact) mass is 477 g/mol. The van der Waals surface area contributed by atoms with E-state index in [0.29, 0.717) is 6.42 Å². The zero-order valence-corrected chi connectivity index (χ0v) is 22.8. The second kappa shape index (κ2) is 7.17. The maximum atomic E-state index is 14.2. The van der Waals surface area contributed by atoms with Gasteiger partial charge in [0.1, 0.15) is 6.29 Å². The quantitative estimate of drug-likeness (QED) is 0.314. The number of allylic oxidation sites excluding steroid dienone is 2. The summed E-state index contributed by atoms with van der Waals surface area (Å²) >= 11 is 0. The molecule has 0 radical (unpaired) electrons. The van der Waals surface area contributed by atoms with Crippen LogP contribution in [0.2, 0.25) is 0 Å². The molecule has 0 N–H and O–H groups in total. The molecule has 0 aromatic carbocycles. The average Bonchev–Trinajstić information content (AvgIpc) is 2.77. The van der Waals surface area contributed by atoms with Crippen LogP contribution in [0.25, 0.3) is 4.85 Å². The molecule has 0 heterocycles. The Kier molecular flexibility index (Phi) is 5.10. The summed E-state index contributed by atoms with van der Waals surface area (Å²) in [7, 11) is 0. The topological polar surface area (TPSA) is 55.6 Å². The Morgan fingerprint density at radius 1 is 0.943 bits per heavy atom. The van der Waals surface area contributed by atoms with Gasteiger partial charge in [0.15, 0.2) is 5.78 Å². The molecule has 5 rings (SSSR count). The van der Waals surface area contributed by atoms with E-state index in [1.807, 2.05) is 19.9 Å². The zero-order valence-electron chi connectivity index (χ0n) is 22.8. The smallest absolute Gasteiger partial charge is 0.282 e. The summed E-state index contributed by atoms with van der Waals surface area (Å²) in [6.07, 6.45) is 10.2. The van der Waals surface area contributed by atoms with Crippen molar-refractivity contribution in [2.24, 2.45) is 50.2 Å². The predicted molar refractivity (Wildman–Crippen MR) is 136 cm³/mol. The van der Waals surface area contributed by atoms with Gasteiger partial charge in [0.25, 0.3) is 6.04 Å². The fourth-order valence-corrected chi connectivity index (χ4v) is 10.3. The van der Waals surface area contributed by atoms with Crippen LogP contribution in [0.1, 0.15) is 99.8 Å². The lowest BCUT2D eigenvalue weighted by molar-refractivity contribution is -0.175. The van der Waals surface area contributed by atoms with E-state index in [1.54, 1.807) is 0 Å². The molecule has 0 spiro atoms. The number of rotatable bonds is 1. The first-order valence-corrected chi connectivity index (χ1v) is 13.8. The maximum absolute atomic E-state index is 14.2. The number of hydrogen-bond acceptors (Lipinski definition) is 3. The summed E-state index contributed by atoms with van der Waals surface area (Å²) in [6.45, 7) is 23.4. The minimum atomic E-state index is -0.636. The van der Waals surface area contributed by atoms with Crippen molar-refractivity contribution in [1.29, 1.82) is 0 Å². The van der Waals surface area contributed by atoms with Gasteiger partial charge in [-0.05, 0) is 79.1 Å². The van der Waals surface area contributed by atoms with Gasteiger partial charge in [0.05, 0.1) is 0 Å². The minimum Gasteiger partial charge on any atom is -0.305 e. The lowest BCUT2D eigenvalue weighted by Crippen LogP contribution is -2.66. The largest absolute Gasteiger partial charge is 0.305 e. The van der Waals surface area contributed by atoms with Gasteiger partial charge in [-0.25, -0.2) is 6.57 Å². The third-order valence-corrected chi connectivity index (χ3v) is 12.6. The number of fused-ring (bicyclic) bond motifs is 7. The first-order valence-electron chi connectivity index (χ1n) is 13.8. The van der Waals surface area contributed by atoms with Gasteiger partial charge in [-0.1, -0.05) is 54.0 Å². The first-order chi connectivity index (χ1) is 16.1. The van der Waals surface area contributed by atoms with Crippen molar-refractivity contribution in [1.82, 2.24) is 0 Å². The van der Waals surface area contributed by atoms with Crippen LogP contribution < -0.4 is 0 Å². The van der Waals surface area contributed by atoms with Crippen LogP contribution in [0.3, 0.4) is 0 Å². The molecule has 4 nitrogen and oxygen atoms in total. The molecule has 4 heteroatoms. The van der Waals surface area contributed by atoms with Crippen LogP contribution >= 0.6 is 0 Å². The second-order valence-electron chi connectivity index (χ2n) is 15.0. The lowest BCUT2D eigenvalue weighted by atomic mass is 9.34. The van der Waals surface area contributed by atoms with Crippen LogP contribution in [0.5, 0.6) is 0 Å². The molecule has 3 unspecified atom stereocenters. The van der Waals surface area contributed by atoms with Crippen molar-refractivity contribution >= 4 is 17.9 Å². The van der Waals surface area contributed by atoms with Crippen molar-refractivity contribution < 1.29 is 14.4 Å². The standard InChI is InChI=1S/C31H43NO3/c1-26(2)11-13-31(18-33)14-12-30(7)24(19(31)16-26)21(34)15-23-28(5)17-20(32-8)25(35)27(3,4)22(28)9-10-29(23,30)6/h15,18-20,22,24H,9-14,16-17H2,1-7H3/t19?,20?,22-,24?,28-,29+,30+,31+/m0/s1. The van der Waals surface area contributed by atoms with E-state index in [1.165, 1.54) is 11.9 Å². The summed E-state index contributed by atoms with van der Waals surface area (Å²) in [5, 5.41) is 0. The SMILES string of the molecule is [C-]#[N+]C1C[C@]2(C)C3=CC(=O)C4C5CC(C)(C)CC[C@]5(C=O)CC[C@@]4(C)[C@]3(C)CC[C@H]2C(C)(C)C1=O. The predicted octanol–water partition coefficient (Wildman–Crippen LogP) is 6.63. The van der Waals surface area contributed by atoms with E-state index < -0.39 is 11.5 Å². The molecule has 35 heavy (non-hydrogen) atoms. The third-order valence-electron chi connectivity index (χ3n) is 12.6. The Morgan fingerprint density at radius 2 is 1.60 bits per heavy atom. The van der Waals surface area contributed by atoms with Gasteiger partial charge in [0, 0.05) is 28.6 Å². The highest BCUT2D eigenvalue weighted by Gasteiger charge is 2.71. The second-order valence-corrected chi connectivity index (χ2v) is 15.0. The molecule has 5 aliphatic carbocycles. The van der Waals surface area contributed by atoms with Crippen molar-refractivity contribution in [3.05, 3.63) is 23.1 Å². The fraction of sp³-hybridized carbons (Fsp3) is 0.806. The Morgan fingerprint density at radius 3 is 2.23 bits per heavy atom.